The van der Waals surface area contributed by atoms with Gasteiger partial charge in [0, 0.05) is 57.7 Å². The van der Waals surface area contributed by atoms with Gasteiger partial charge in [0.2, 0.25) is 5.91 Å². The highest BCUT2D eigenvalue weighted by Gasteiger charge is 2.22. The molecule has 2 aromatic heterocycles. The molecular formula is C15H20N6O3. The Hall–Kier alpha value is -2.68. The molecule has 3 heterocycles. The molecule has 0 atom stereocenters. The number of amides is 1. The summed E-state index contributed by atoms with van der Waals surface area (Å²) >= 11 is 0. The molecule has 0 bridgehead atoms. The van der Waals surface area contributed by atoms with E-state index >= 15 is 0 Å². The van der Waals surface area contributed by atoms with Gasteiger partial charge in [-0.3, -0.25) is 19.1 Å². The van der Waals surface area contributed by atoms with E-state index in [4.69, 9.17) is 5.11 Å². The van der Waals surface area contributed by atoms with Crippen molar-refractivity contribution in [3.8, 4) is 0 Å². The Morgan fingerprint density at radius 1 is 1.25 bits per heavy atom. The molecule has 0 saturated carbocycles. The molecular weight excluding hydrogens is 312 g/mol. The van der Waals surface area contributed by atoms with Crippen LogP contribution in [-0.4, -0.2) is 72.5 Å². The molecule has 0 aliphatic carbocycles. The lowest BCUT2D eigenvalue weighted by atomic mass is 10.2. The van der Waals surface area contributed by atoms with E-state index in [2.05, 4.69) is 15.1 Å². The lowest BCUT2D eigenvalue weighted by Crippen LogP contribution is -2.49. The number of hydrogen-bond acceptors (Lipinski definition) is 5. The molecule has 1 fully saturated rings. The molecule has 9 nitrogen and oxygen atoms in total. The number of nitrogens with zero attached hydrogens (tertiary/aromatic N) is 6. The molecule has 0 unspecified atom stereocenters. The van der Waals surface area contributed by atoms with Gasteiger partial charge in [0.15, 0.2) is 5.69 Å². The van der Waals surface area contributed by atoms with Crippen LogP contribution in [0.4, 0.5) is 0 Å². The van der Waals surface area contributed by atoms with Crippen LogP contribution >= 0.6 is 0 Å². The van der Waals surface area contributed by atoms with E-state index < -0.39 is 5.97 Å². The molecule has 3 rings (SSSR count). The normalized spacial score (nSPS) is 15.6. The summed E-state index contributed by atoms with van der Waals surface area (Å²) in [7, 11) is 1.89. The zero-order valence-corrected chi connectivity index (χ0v) is 13.5. The van der Waals surface area contributed by atoms with Crippen LogP contribution in [0.15, 0.2) is 24.7 Å². The van der Waals surface area contributed by atoms with Crippen LogP contribution in [-0.2, 0) is 24.9 Å². The van der Waals surface area contributed by atoms with Gasteiger partial charge in [0.05, 0.1) is 6.20 Å². The molecule has 1 amide bonds. The summed E-state index contributed by atoms with van der Waals surface area (Å²) in [5, 5.41) is 16.9. The van der Waals surface area contributed by atoms with Crippen molar-refractivity contribution in [3.63, 3.8) is 0 Å². The lowest BCUT2D eigenvalue weighted by Gasteiger charge is -2.34. The second-order valence-corrected chi connectivity index (χ2v) is 5.88. The van der Waals surface area contributed by atoms with E-state index in [1.54, 1.807) is 9.58 Å². The molecule has 128 valence electrons. The summed E-state index contributed by atoms with van der Waals surface area (Å²) in [5.41, 5.74) is 1.11. The number of aromatic nitrogens is 4. The Balaban J connectivity index is 1.48. The minimum absolute atomic E-state index is 0.0453. The minimum atomic E-state index is -1.09. The predicted molar refractivity (Wildman–Crippen MR) is 84.3 cm³/mol. The fraction of sp³-hybridized carbons (Fsp3) is 0.467. The topological polar surface area (TPSA) is 96.5 Å². The molecule has 0 aromatic carbocycles. The largest absolute Gasteiger partial charge is 0.476 e. The van der Waals surface area contributed by atoms with Gasteiger partial charge in [0.1, 0.15) is 6.54 Å². The summed E-state index contributed by atoms with van der Waals surface area (Å²) in [6, 6.07) is 1.39. The maximum Gasteiger partial charge on any atom is 0.356 e. The summed E-state index contributed by atoms with van der Waals surface area (Å²) in [5.74, 6) is -1.14. The fourth-order valence-electron chi connectivity index (χ4n) is 2.77. The molecule has 24 heavy (non-hydrogen) atoms. The van der Waals surface area contributed by atoms with Crippen LogP contribution in [0.3, 0.4) is 0 Å². The van der Waals surface area contributed by atoms with Crippen molar-refractivity contribution >= 4 is 11.9 Å². The number of aryl methyl sites for hydroxylation is 1. The van der Waals surface area contributed by atoms with E-state index in [1.807, 2.05) is 19.4 Å². The molecule has 1 N–H and O–H groups in total. The van der Waals surface area contributed by atoms with Crippen LogP contribution < -0.4 is 0 Å². The van der Waals surface area contributed by atoms with E-state index in [-0.39, 0.29) is 18.1 Å². The molecule has 9 heteroatoms. The van der Waals surface area contributed by atoms with E-state index in [0.29, 0.717) is 13.1 Å². The average Bonchev–Trinajstić information content (AvgIpc) is 3.17. The summed E-state index contributed by atoms with van der Waals surface area (Å²) in [6.07, 6.45) is 5.37. The van der Waals surface area contributed by atoms with Gasteiger partial charge in [-0.2, -0.15) is 10.2 Å². The Kier molecular flexibility index (Phi) is 4.61. The highest BCUT2D eigenvalue weighted by atomic mass is 16.4. The molecule has 0 radical (unpaired) electrons. The number of hydrogen-bond donors (Lipinski definition) is 1. The lowest BCUT2D eigenvalue weighted by molar-refractivity contribution is -0.133. The molecule has 0 spiro atoms. The number of carbonyl (C=O) groups excluding carboxylic acids is 1. The fourth-order valence-corrected chi connectivity index (χ4v) is 2.77. The first kappa shape index (κ1) is 16.2. The average molecular weight is 332 g/mol. The monoisotopic (exact) mass is 332 g/mol. The van der Waals surface area contributed by atoms with E-state index in [1.165, 1.54) is 16.9 Å². The third kappa shape index (κ3) is 3.80. The third-order valence-electron chi connectivity index (χ3n) is 4.05. The second-order valence-electron chi connectivity index (χ2n) is 5.88. The van der Waals surface area contributed by atoms with Crippen LogP contribution in [0.2, 0.25) is 0 Å². The third-order valence-corrected chi connectivity index (χ3v) is 4.05. The Labute approximate surface area is 139 Å². The SMILES string of the molecule is Cn1cc(CN2CCN(C(=O)Cn3ccc(C(=O)O)n3)CC2)cn1. The van der Waals surface area contributed by atoms with Gasteiger partial charge in [0.25, 0.3) is 0 Å². The quantitative estimate of drug-likeness (QED) is 0.805. The maximum atomic E-state index is 12.3. The van der Waals surface area contributed by atoms with Gasteiger partial charge in [-0.05, 0) is 6.07 Å². The highest BCUT2D eigenvalue weighted by molar-refractivity contribution is 5.85. The minimum Gasteiger partial charge on any atom is -0.476 e. The first-order chi connectivity index (χ1) is 11.5. The number of carboxylic acids is 1. The first-order valence-electron chi connectivity index (χ1n) is 7.75. The van der Waals surface area contributed by atoms with E-state index in [0.717, 1.165) is 25.2 Å². The smallest absolute Gasteiger partial charge is 0.356 e. The van der Waals surface area contributed by atoms with Gasteiger partial charge < -0.3 is 10.0 Å². The van der Waals surface area contributed by atoms with Crippen molar-refractivity contribution in [2.75, 3.05) is 26.2 Å². The highest BCUT2D eigenvalue weighted by Crippen LogP contribution is 2.08. The second kappa shape index (κ2) is 6.83. The zero-order valence-electron chi connectivity index (χ0n) is 13.5. The summed E-state index contributed by atoms with van der Waals surface area (Å²) < 4.78 is 3.15. The molecule has 1 aliphatic heterocycles. The standard InChI is InChI=1S/C15H20N6O3/c1-18-9-12(8-16-18)10-19-4-6-20(7-5-19)14(22)11-21-3-2-13(17-21)15(23)24/h2-3,8-9H,4-7,10-11H2,1H3,(H,23,24). The number of carbonyl (C=O) groups is 2. The van der Waals surface area contributed by atoms with Crippen molar-refractivity contribution in [1.82, 2.24) is 29.4 Å². The molecule has 1 saturated heterocycles. The van der Waals surface area contributed by atoms with Crippen LogP contribution in [0.25, 0.3) is 0 Å². The van der Waals surface area contributed by atoms with Crippen molar-refractivity contribution < 1.29 is 14.7 Å². The number of rotatable bonds is 5. The number of aromatic carboxylic acids is 1. The Morgan fingerprint density at radius 2 is 2.00 bits per heavy atom. The van der Waals surface area contributed by atoms with Gasteiger partial charge in [-0.25, -0.2) is 4.79 Å². The summed E-state index contributed by atoms with van der Waals surface area (Å²) in [6.45, 7) is 3.82. The van der Waals surface area contributed by atoms with Gasteiger partial charge >= 0.3 is 5.97 Å². The van der Waals surface area contributed by atoms with Crippen molar-refractivity contribution in [1.29, 1.82) is 0 Å². The van der Waals surface area contributed by atoms with Crippen molar-refractivity contribution in [3.05, 3.63) is 35.9 Å². The maximum absolute atomic E-state index is 12.3. The van der Waals surface area contributed by atoms with Crippen molar-refractivity contribution in [2.45, 2.75) is 13.1 Å². The molecule has 1 aliphatic rings. The van der Waals surface area contributed by atoms with Crippen molar-refractivity contribution in [2.24, 2.45) is 7.05 Å². The first-order valence-corrected chi connectivity index (χ1v) is 7.75. The number of carboxylic acid groups (broad SMARTS) is 1. The van der Waals surface area contributed by atoms with Crippen LogP contribution in [0.5, 0.6) is 0 Å². The molecule has 2 aromatic rings. The van der Waals surface area contributed by atoms with Gasteiger partial charge in [-0.1, -0.05) is 0 Å². The van der Waals surface area contributed by atoms with Crippen LogP contribution in [0.1, 0.15) is 16.1 Å². The summed E-state index contributed by atoms with van der Waals surface area (Å²) in [4.78, 5) is 27.2. The van der Waals surface area contributed by atoms with Crippen LogP contribution in [0, 0.1) is 0 Å². The number of piperazine rings is 1. The van der Waals surface area contributed by atoms with E-state index in [9.17, 15) is 9.59 Å². The van der Waals surface area contributed by atoms with Gasteiger partial charge in [-0.15, -0.1) is 0 Å². The predicted octanol–water partition coefficient (Wildman–Crippen LogP) is -0.341. The zero-order chi connectivity index (χ0) is 17.1. The Morgan fingerprint density at radius 3 is 2.58 bits per heavy atom. The Bertz CT molecular complexity index is 729.